The number of anilines is 2. The van der Waals surface area contributed by atoms with Gasteiger partial charge in [0.2, 0.25) is 5.82 Å². The second-order valence-electron chi connectivity index (χ2n) is 6.17. The van der Waals surface area contributed by atoms with Crippen molar-refractivity contribution in [3.05, 3.63) is 76.8 Å². The number of hydrogen-bond donors (Lipinski definition) is 2. The van der Waals surface area contributed by atoms with Crippen molar-refractivity contribution in [1.29, 1.82) is 0 Å². The molecule has 0 radical (unpaired) electrons. The minimum atomic E-state index is -0.265. The average molecular weight is 374 g/mol. The highest BCUT2D eigenvalue weighted by Gasteiger charge is 2.15. The molecule has 8 heteroatoms. The molecular formula is C20H18N6O2. The first-order valence-electron chi connectivity index (χ1n) is 8.63. The van der Waals surface area contributed by atoms with E-state index in [1.54, 1.807) is 7.11 Å². The molecule has 0 aliphatic carbocycles. The predicted octanol–water partition coefficient (Wildman–Crippen LogP) is 3.08. The lowest BCUT2D eigenvalue weighted by atomic mass is 10.2. The van der Waals surface area contributed by atoms with E-state index in [1.807, 2.05) is 55.5 Å². The molecule has 4 aromatic rings. The fourth-order valence-electron chi connectivity index (χ4n) is 2.74. The van der Waals surface area contributed by atoms with Crippen LogP contribution in [-0.4, -0.2) is 32.1 Å². The summed E-state index contributed by atoms with van der Waals surface area (Å²) < 4.78 is 6.51. The van der Waals surface area contributed by atoms with Gasteiger partial charge in [0, 0.05) is 11.8 Å². The van der Waals surface area contributed by atoms with Crippen LogP contribution in [0.5, 0.6) is 5.75 Å². The van der Waals surface area contributed by atoms with Crippen molar-refractivity contribution in [2.75, 3.05) is 12.4 Å². The fraction of sp³-hybridized carbons (Fsp3) is 0.100. The van der Waals surface area contributed by atoms with Crippen LogP contribution in [0.4, 0.5) is 11.4 Å². The lowest BCUT2D eigenvalue weighted by molar-refractivity contribution is 0.415. The first kappa shape index (κ1) is 17.5. The number of nitrogens with zero attached hydrogens (tertiary/aromatic N) is 4. The summed E-state index contributed by atoms with van der Waals surface area (Å²) in [4.78, 5) is 16.9. The number of aromatic amines is 1. The van der Waals surface area contributed by atoms with Crippen LogP contribution in [0.1, 0.15) is 5.56 Å². The third-order valence-electron chi connectivity index (χ3n) is 4.21. The minimum Gasteiger partial charge on any atom is -0.497 e. The van der Waals surface area contributed by atoms with Gasteiger partial charge < -0.3 is 10.1 Å². The molecular weight excluding hydrogens is 356 g/mol. The SMILES string of the molecule is COc1ccc(Nc2cc(=O)n(-c3ccc(C)cc3)nc2-c2nc[nH]n2)cc1. The standard InChI is InChI=1S/C20H18N6O2/c1-13-3-7-15(8-4-13)26-18(27)11-17(19(25-26)20-21-12-22-24-20)23-14-5-9-16(28-2)10-6-14/h3-12,23H,1-2H3,(H,21,22,24). The number of benzene rings is 2. The molecule has 0 aliphatic heterocycles. The van der Waals surface area contributed by atoms with E-state index in [0.717, 1.165) is 17.0 Å². The zero-order valence-corrected chi connectivity index (χ0v) is 15.4. The maximum absolute atomic E-state index is 12.7. The number of H-pyrrole nitrogens is 1. The van der Waals surface area contributed by atoms with Crippen molar-refractivity contribution in [2.45, 2.75) is 6.92 Å². The van der Waals surface area contributed by atoms with Gasteiger partial charge in [0.15, 0.2) is 5.69 Å². The van der Waals surface area contributed by atoms with Crippen LogP contribution in [0, 0.1) is 6.92 Å². The molecule has 28 heavy (non-hydrogen) atoms. The van der Waals surface area contributed by atoms with E-state index in [1.165, 1.54) is 17.1 Å². The molecule has 0 saturated heterocycles. The zero-order valence-electron chi connectivity index (χ0n) is 15.4. The zero-order chi connectivity index (χ0) is 19.5. The van der Waals surface area contributed by atoms with Crippen molar-refractivity contribution >= 4 is 11.4 Å². The van der Waals surface area contributed by atoms with Crippen LogP contribution in [0.15, 0.2) is 65.7 Å². The van der Waals surface area contributed by atoms with Gasteiger partial charge in [-0.25, -0.2) is 4.98 Å². The normalized spacial score (nSPS) is 10.6. The highest BCUT2D eigenvalue weighted by atomic mass is 16.5. The van der Waals surface area contributed by atoms with Crippen LogP contribution in [0.2, 0.25) is 0 Å². The largest absolute Gasteiger partial charge is 0.497 e. The summed E-state index contributed by atoms with van der Waals surface area (Å²) in [6.07, 6.45) is 1.47. The van der Waals surface area contributed by atoms with Crippen LogP contribution in [0.3, 0.4) is 0 Å². The molecule has 0 aliphatic rings. The summed E-state index contributed by atoms with van der Waals surface area (Å²) in [7, 11) is 1.61. The Morgan fingerprint density at radius 2 is 1.82 bits per heavy atom. The van der Waals surface area contributed by atoms with Crippen molar-refractivity contribution in [3.63, 3.8) is 0 Å². The Kier molecular flexibility index (Phi) is 4.59. The monoisotopic (exact) mass is 374 g/mol. The van der Waals surface area contributed by atoms with E-state index in [2.05, 4.69) is 25.6 Å². The number of rotatable bonds is 5. The van der Waals surface area contributed by atoms with Gasteiger partial charge in [0.05, 0.1) is 18.5 Å². The van der Waals surface area contributed by atoms with Gasteiger partial charge in [-0.05, 0) is 43.3 Å². The molecule has 0 bridgehead atoms. The number of aryl methyl sites for hydroxylation is 1. The lowest BCUT2D eigenvalue weighted by Gasteiger charge is -2.12. The summed E-state index contributed by atoms with van der Waals surface area (Å²) in [5, 5.41) is 14.5. The van der Waals surface area contributed by atoms with E-state index < -0.39 is 0 Å². The van der Waals surface area contributed by atoms with Crippen molar-refractivity contribution in [3.8, 4) is 23.0 Å². The van der Waals surface area contributed by atoms with E-state index in [-0.39, 0.29) is 5.56 Å². The molecule has 2 heterocycles. The van der Waals surface area contributed by atoms with Crippen molar-refractivity contribution < 1.29 is 4.74 Å². The van der Waals surface area contributed by atoms with E-state index in [0.29, 0.717) is 22.9 Å². The van der Waals surface area contributed by atoms with Gasteiger partial charge >= 0.3 is 0 Å². The summed E-state index contributed by atoms with van der Waals surface area (Å²) in [6, 6.07) is 16.4. The molecule has 140 valence electrons. The molecule has 0 fully saturated rings. The first-order valence-corrected chi connectivity index (χ1v) is 8.63. The third kappa shape index (κ3) is 3.48. The van der Waals surface area contributed by atoms with Crippen molar-refractivity contribution in [1.82, 2.24) is 25.0 Å². The Balaban J connectivity index is 1.80. The number of methoxy groups -OCH3 is 1. The van der Waals surface area contributed by atoms with E-state index in [9.17, 15) is 4.79 Å². The fourth-order valence-corrected chi connectivity index (χ4v) is 2.74. The molecule has 0 unspecified atom stereocenters. The summed E-state index contributed by atoms with van der Waals surface area (Å²) in [5.74, 6) is 1.13. The number of hydrogen-bond acceptors (Lipinski definition) is 6. The molecule has 0 atom stereocenters. The summed E-state index contributed by atoms with van der Waals surface area (Å²) in [5.41, 5.74) is 3.26. The molecule has 2 aromatic carbocycles. The van der Waals surface area contributed by atoms with Gasteiger partial charge in [-0.3, -0.25) is 9.89 Å². The molecule has 4 rings (SSSR count). The third-order valence-corrected chi connectivity index (χ3v) is 4.21. The molecule has 8 nitrogen and oxygen atoms in total. The lowest BCUT2D eigenvalue weighted by Crippen LogP contribution is -2.22. The first-order chi connectivity index (χ1) is 13.6. The quantitative estimate of drug-likeness (QED) is 0.557. The van der Waals surface area contributed by atoms with Crippen LogP contribution in [0.25, 0.3) is 17.2 Å². The Morgan fingerprint density at radius 1 is 1.07 bits per heavy atom. The Bertz CT molecular complexity index is 1130. The van der Waals surface area contributed by atoms with Crippen LogP contribution < -0.4 is 15.6 Å². The van der Waals surface area contributed by atoms with Crippen LogP contribution >= 0.6 is 0 Å². The van der Waals surface area contributed by atoms with Gasteiger partial charge in [-0.1, -0.05) is 17.7 Å². The second-order valence-corrected chi connectivity index (χ2v) is 6.17. The molecule has 0 amide bonds. The van der Waals surface area contributed by atoms with Crippen molar-refractivity contribution in [2.24, 2.45) is 0 Å². The van der Waals surface area contributed by atoms with E-state index >= 15 is 0 Å². The topological polar surface area (TPSA) is 97.7 Å². The van der Waals surface area contributed by atoms with Gasteiger partial charge in [0.25, 0.3) is 5.56 Å². The maximum atomic E-state index is 12.7. The summed E-state index contributed by atoms with van der Waals surface area (Å²) >= 11 is 0. The molecule has 0 saturated carbocycles. The average Bonchev–Trinajstić information content (AvgIpc) is 3.24. The smallest absolute Gasteiger partial charge is 0.273 e. The molecule has 2 N–H and O–H groups in total. The minimum absolute atomic E-state index is 0.265. The maximum Gasteiger partial charge on any atom is 0.273 e. The Morgan fingerprint density at radius 3 is 2.46 bits per heavy atom. The number of nitrogens with one attached hydrogen (secondary N) is 2. The highest BCUT2D eigenvalue weighted by molar-refractivity contribution is 5.74. The Hall–Kier alpha value is -3.94. The van der Waals surface area contributed by atoms with E-state index in [4.69, 9.17) is 4.74 Å². The predicted molar refractivity (Wildman–Crippen MR) is 106 cm³/mol. The van der Waals surface area contributed by atoms with Gasteiger partial charge in [0.1, 0.15) is 12.1 Å². The molecule has 2 aromatic heterocycles. The Labute approximate surface area is 160 Å². The summed E-state index contributed by atoms with van der Waals surface area (Å²) in [6.45, 7) is 1.99. The highest BCUT2D eigenvalue weighted by Crippen LogP contribution is 2.26. The van der Waals surface area contributed by atoms with Gasteiger partial charge in [-0.15, -0.1) is 0 Å². The molecule has 0 spiro atoms. The number of ether oxygens (including phenoxy) is 1. The van der Waals surface area contributed by atoms with Crippen LogP contribution in [-0.2, 0) is 0 Å². The number of aromatic nitrogens is 5. The second kappa shape index (κ2) is 7.36. The van der Waals surface area contributed by atoms with Gasteiger partial charge in [-0.2, -0.15) is 14.9 Å².